The topological polar surface area (TPSA) is 79.5 Å². The van der Waals surface area contributed by atoms with Gasteiger partial charge in [-0.25, -0.2) is 0 Å². The van der Waals surface area contributed by atoms with E-state index in [0.29, 0.717) is 23.5 Å². The van der Waals surface area contributed by atoms with Gasteiger partial charge in [-0.2, -0.15) is 0 Å². The molecule has 0 radical (unpaired) electrons. The monoisotopic (exact) mass is 445 g/mol. The molecule has 0 spiro atoms. The van der Waals surface area contributed by atoms with E-state index in [2.05, 4.69) is 22.9 Å². The molecule has 172 valence electrons. The lowest BCUT2D eigenvalue weighted by atomic mass is 10.2. The summed E-state index contributed by atoms with van der Waals surface area (Å²) in [5, 5.41) is 8.84. The summed E-state index contributed by atoms with van der Waals surface area (Å²) in [5.74, 6) is 0.394. The fourth-order valence-corrected chi connectivity index (χ4v) is 3.27. The summed E-state index contributed by atoms with van der Waals surface area (Å²) in [4.78, 5) is 24.7. The first-order valence-electron chi connectivity index (χ1n) is 11.4. The molecule has 6 heteroatoms. The van der Waals surface area contributed by atoms with Gasteiger partial charge in [0.2, 0.25) is 5.91 Å². The maximum Gasteiger partial charge on any atom is 0.255 e. The Bertz CT molecular complexity index is 1040. The van der Waals surface area contributed by atoms with Crippen LogP contribution in [-0.4, -0.2) is 25.0 Å². The summed E-state index contributed by atoms with van der Waals surface area (Å²) < 4.78 is 5.78. The molecule has 33 heavy (non-hydrogen) atoms. The minimum atomic E-state index is -0.182. The smallest absolute Gasteiger partial charge is 0.255 e. The van der Waals surface area contributed by atoms with Gasteiger partial charge in [0.25, 0.3) is 5.91 Å². The average Bonchev–Trinajstić information content (AvgIpc) is 2.84. The summed E-state index contributed by atoms with van der Waals surface area (Å²) in [5.41, 5.74) is 2.66. The third kappa shape index (κ3) is 8.33. The van der Waals surface area contributed by atoms with Crippen molar-refractivity contribution in [2.45, 2.75) is 32.6 Å². The molecular weight excluding hydrogens is 414 g/mol. The number of rotatable bonds is 12. The molecule has 0 unspecified atom stereocenters. The van der Waals surface area contributed by atoms with Crippen LogP contribution in [-0.2, 0) is 4.79 Å². The van der Waals surface area contributed by atoms with Crippen LogP contribution in [0.25, 0.3) is 0 Å². The highest BCUT2D eigenvalue weighted by Crippen LogP contribution is 2.19. The largest absolute Gasteiger partial charge is 0.494 e. The number of amides is 2. The highest BCUT2D eigenvalue weighted by Gasteiger charge is 2.07. The average molecular weight is 446 g/mol. The molecule has 0 aliphatic carbocycles. The van der Waals surface area contributed by atoms with Crippen molar-refractivity contribution < 1.29 is 14.3 Å². The Kier molecular flexibility index (Phi) is 9.33. The predicted octanol–water partition coefficient (Wildman–Crippen LogP) is 5.95. The van der Waals surface area contributed by atoms with Crippen LogP contribution in [0.3, 0.4) is 0 Å². The number of benzene rings is 3. The van der Waals surface area contributed by atoms with E-state index in [1.165, 1.54) is 12.8 Å². The Balaban J connectivity index is 1.46. The van der Waals surface area contributed by atoms with E-state index < -0.39 is 0 Å². The van der Waals surface area contributed by atoms with E-state index >= 15 is 0 Å². The number of anilines is 3. The van der Waals surface area contributed by atoms with Crippen LogP contribution >= 0.6 is 0 Å². The van der Waals surface area contributed by atoms with Gasteiger partial charge in [-0.3, -0.25) is 9.59 Å². The molecule has 0 aliphatic heterocycles. The Labute approximate surface area is 195 Å². The normalized spacial score (nSPS) is 10.3. The first kappa shape index (κ1) is 23.9. The van der Waals surface area contributed by atoms with Crippen molar-refractivity contribution in [2.75, 3.05) is 29.1 Å². The van der Waals surface area contributed by atoms with Crippen molar-refractivity contribution >= 4 is 28.9 Å². The fourth-order valence-electron chi connectivity index (χ4n) is 3.27. The van der Waals surface area contributed by atoms with E-state index in [1.807, 2.05) is 54.6 Å². The lowest BCUT2D eigenvalue weighted by Crippen LogP contribution is -2.21. The predicted molar refractivity (Wildman–Crippen MR) is 134 cm³/mol. The molecule has 2 amide bonds. The molecule has 3 aromatic rings. The second-order valence-corrected chi connectivity index (χ2v) is 7.74. The number of nitrogens with one attached hydrogen (secondary N) is 3. The zero-order valence-electron chi connectivity index (χ0n) is 19.0. The second-order valence-electron chi connectivity index (χ2n) is 7.74. The van der Waals surface area contributed by atoms with Crippen molar-refractivity contribution in [3.05, 3.63) is 84.4 Å². The van der Waals surface area contributed by atoms with E-state index in [1.54, 1.807) is 24.3 Å². The summed E-state index contributed by atoms with van der Waals surface area (Å²) in [6.07, 6.45) is 4.60. The number of hydrogen-bond acceptors (Lipinski definition) is 4. The van der Waals surface area contributed by atoms with Crippen LogP contribution in [0.4, 0.5) is 17.1 Å². The van der Waals surface area contributed by atoms with E-state index in [9.17, 15) is 9.59 Å². The molecule has 3 aromatic carbocycles. The number of carbonyl (C=O) groups excluding carboxylic acids is 2. The molecule has 0 aromatic heterocycles. The summed E-state index contributed by atoms with van der Waals surface area (Å²) in [6.45, 7) is 2.96. The number of unbranched alkanes of at least 4 members (excludes halogenated alkanes) is 3. The second kappa shape index (κ2) is 12.9. The van der Waals surface area contributed by atoms with Gasteiger partial charge in [-0.15, -0.1) is 0 Å². The van der Waals surface area contributed by atoms with Crippen molar-refractivity contribution in [1.29, 1.82) is 0 Å². The Morgan fingerprint density at radius 3 is 2.27 bits per heavy atom. The van der Waals surface area contributed by atoms with Crippen molar-refractivity contribution in [1.82, 2.24) is 0 Å². The Morgan fingerprint density at radius 1 is 0.758 bits per heavy atom. The molecule has 0 heterocycles. The number of ether oxygens (including phenoxy) is 1. The molecule has 0 fully saturated rings. The van der Waals surface area contributed by atoms with Crippen LogP contribution in [0, 0.1) is 0 Å². The molecule has 0 aliphatic rings. The van der Waals surface area contributed by atoms with Crippen LogP contribution in [0.5, 0.6) is 5.75 Å². The van der Waals surface area contributed by atoms with Crippen LogP contribution in [0.2, 0.25) is 0 Å². The zero-order chi connectivity index (χ0) is 23.3. The third-order valence-electron chi connectivity index (χ3n) is 4.99. The molecule has 3 N–H and O–H groups in total. The highest BCUT2D eigenvalue weighted by atomic mass is 16.5. The molecular formula is C27H31N3O3. The Morgan fingerprint density at radius 2 is 1.48 bits per heavy atom. The quantitative estimate of drug-likeness (QED) is 0.301. The summed E-state index contributed by atoms with van der Waals surface area (Å²) in [7, 11) is 0. The zero-order valence-corrected chi connectivity index (χ0v) is 19.0. The molecule has 0 bridgehead atoms. The van der Waals surface area contributed by atoms with Gasteiger partial charge in [0.15, 0.2) is 0 Å². The van der Waals surface area contributed by atoms with Gasteiger partial charge < -0.3 is 20.7 Å². The van der Waals surface area contributed by atoms with Crippen LogP contribution in [0.1, 0.15) is 43.0 Å². The van der Waals surface area contributed by atoms with Crippen LogP contribution < -0.4 is 20.7 Å². The lowest BCUT2D eigenvalue weighted by Gasteiger charge is -2.11. The van der Waals surface area contributed by atoms with Crippen molar-refractivity contribution in [2.24, 2.45) is 0 Å². The van der Waals surface area contributed by atoms with Crippen molar-refractivity contribution in [3.8, 4) is 5.75 Å². The maximum atomic E-state index is 12.4. The summed E-state index contributed by atoms with van der Waals surface area (Å²) >= 11 is 0. The van der Waals surface area contributed by atoms with Gasteiger partial charge in [0, 0.05) is 28.7 Å². The van der Waals surface area contributed by atoms with Crippen LogP contribution in [0.15, 0.2) is 78.9 Å². The Hall–Kier alpha value is -3.80. The maximum absolute atomic E-state index is 12.4. The van der Waals surface area contributed by atoms with Crippen molar-refractivity contribution in [3.63, 3.8) is 0 Å². The minimum absolute atomic E-state index is 0.0954. The van der Waals surface area contributed by atoms with Gasteiger partial charge >= 0.3 is 0 Å². The fraction of sp³-hybridized carbons (Fsp3) is 0.259. The third-order valence-corrected chi connectivity index (χ3v) is 4.99. The highest BCUT2D eigenvalue weighted by molar-refractivity contribution is 6.04. The molecule has 6 nitrogen and oxygen atoms in total. The minimum Gasteiger partial charge on any atom is -0.494 e. The standard InChI is InChI=1S/C27H31N3O3/c1-2-3-4-8-17-33-25-16-10-15-24(19-25)29-26(31)20-28-22-13-9-14-23(18-22)30-27(32)21-11-6-5-7-12-21/h5-7,9-16,18-19,28H,2-4,8,17,20H2,1H3,(H,29,31)(H,30,32). The summed E-state index contributed by atoms with van der Waals surface area (Å²) in [6, 6.07) is 23.7. The van der Waals surface area contributed by atoms with Gasteiger partial charge in [-0.1, -0.05) is 56.5 Å². The molecule has 3 rings (SSSR count). The van der Waals surface area contributed by atoms with Gasteiger partial charge in [-0.05, 0) is 48.9 Å². The molecule has 0 atom stereocenters. The SMILES string of the molecule is CCCCCCOc1cccc(NC(=O)CNc2cccc(NC(=O)c3ccccc3)c2)c1. The lowest BCUT2D eigenvalue weighted by molar-refractivity contribution is -0.114. The number of hydrogen-bond donors (Lipinski definition) is 3. The van der Waals surface area contributed by atoms with Gasteiger partial charge in [0.05, 0.1) is 13.2 Å². The first-order valence-corrected chi connectivity index (χ1v) is 11.4. The molecule has 0 saturated heterocycles. The van der Waals surface area contributed by atoms with E-state index in [4.69, 9.17) is 4.74 Å². The van der Waals surface area contributed by atoms with Gasteiger partial charge in [0.1, 0.15) is 5.75 Å². The van der Waals surface area contributed by atoms with E-state index in [0.717, 1.165) is 24.3 Å². The first-order chi connectivity index (χ1) is 16.1. The molecule has 0 saturated carbocycles. The van der Waals surface area contributed by atoms with E-state index in [-0.39, 0.29) is 18.4 Å². The number of carbonyl (C=O) groups is 2.